The molecule has 1 atom stereocenters. The summed E-state index contributed by atoms with van der Waals surface area (Å²) in [6, 6.07) is 15.1. The van der Waals surface area contributed by atoms with E-state index in [0.717, 1.165) is 12.1 Å². The molecule has 124 valence electrons. The predicted octanol–water partition coefficient (Wildman–Crippen LogP) is 3.00. The molecule has 5 nitrogen and oxygen atoms in total. The molecule has 0 unspecified atom stereocenters. The van der Waals surface area contributed by atoms with E-state index in [1.54, 1.807) is 29.2 Å². The first-order chi connectivity index (χ1) is 11.5. The van der Waals surface area contributed by atoms with E-state index < -0.39 is 0 Å². The Labute approximate surface area is 141 Å². The Bertz CT molecular complexity index is 755. The van der Waals surface area contributed by atoms with Gasteiger partial charge in [0.25, 0.3) is 5.91 Å². The number of ether oxygens (including phenoxy) is 1. The van der Waals surface area contributed by atoms with Gasteiger partial charge in [-0.05, 0) is 49.2 Å². The number of anilines is 2. The number of amides is 2. The summed E-state index contributed by atoms with van der Waals surface area (Å²) < 4.78 is 5.60. The first kappa shape index (κ1) is 16.1. The number of carbonyl (C=O) groups excluding carboxylic acids is 2. The summed E-state index contributed by atoms with van der Waals surface area (Å²) in [5, 5.41) is 2.69. The van der Waals surface area contributed by atoms with Crippen LogP contribution in [-0.2, 0) is 16.0 Å². The third-order valence-corrected chi connectivity index (χ3v) is 4.01. The molecule has 1 N–H and O–H groups in total. The van der Waals surface area contributed by atoms with Crippen LogP contribution in [0.5, 0.6) is 5.75 Å². The summed E-state index contributed by atoms with van der Waals surface area (Å²) in [7, 11) is 0. The van der Waals surface area contributed by atoms with Crippen LogP contribution in [-0.4, -0.2) is 24.5 Å². The van der Waals surface area contributed by atoms with Crippen molar-refractivity contribution < 1.29 is 14.3 Å². The van der Waals surface area contributed by atoms with Gasteiger partial charge in [-0.3, -0.25) is 9.59 Å². The number of nitrogens with one attached hydrogen (secondary N) is 1. The molecule has 3 rings (SSSR count). The van der Waals surface area contributed by atoms with E-state index >= 15 is 0 Å². The second-order valence-corrected chi connectivity index (χ2v) is 5.94. The normalized spacial score (nSPS) is 15.8. The van der Waals surface area contributed by atoms with Crippen LogP contribution in [0.15, 0.2) is 48.5 Å². The zero-order chi connectivity index (χ0) is 17.1. The molecule has 0 saturated heterocycles. The van der Waals surface area contributed by atoms with Crippen LogP contribution in [0.1, 0.15) is 19.4 Å². The number of hydrogen-bond acceptors (Lipinski definition) is 3. The zero-order valence-electron chi connectivity index (χ0n) is 13.8. The van der Waals surface area contributed by atoms with Gasteiger partial charge in [0.05, 0.1) is 0 Å². The van der Waals surface area contributed by atoms with Gasteiger partial charge < -0.3 is 15.0 Å². The Kier molecular flexibility index (Phi) is 4.51. The van der Waals surface area contributed by atoms with Crippen LogP contribution in [0.3, 0.4) is 0 Å². The molecule has 2 amide bonds. The van der Waals surface area contributed by atoms with Crippen LogP contribution in [0.25, 0.3) is 0 Å². The number of carbonyl (C=O) groups is 2. The number of hydrogen-bond donors (Lipinski definition) is 1. The van der Waals surface area contributed by atoms with E-state index in [9.17, 15) is 9.59 Å². The van der Waals surface area contributed by atoms with Gasteiger partial charge in [-0.2, -0.15) is 0 Å². The van der Waals surface area contributed by atoms with Crippen molar-refractivity contribution in [2.45, 2.75) is 26.3 Å². The molecule has 0 fully saturated rings. The Morgan fingerprint density at radius 3 is 2.58 bits per heavy atom. The molecule has 0 radical (unpaired) electrons. The highest BCUT2D eigenvalue weighted by molar-refractivity contribution is 5.97. The zero-order valence-corrected chi connectivity index (χ0v) is 13.8. The number of nitrogens with zero attached hydrogens (tertiary/aromatic N) is 1. The lowest BCUT2D eigenvalue weighted by atomic mass is 10.1. The number of fused-ring (bicyclic) bond motifs is 1. The summed E-state index contributed by atoms with van der Waals surface area (Å²) in [6.07, 6.45) is 0.868. The molecule has 0 aromatic heterocycles. The van der Waals surface area contributed by atoms with Crippen molar-refractivity contribution in [2.75, 3.05) is 16.8 Å². The maximum absolute atomic E-state index is 12.5. The van der Waals surface area contributed by atoms with E-state index in [-0.39, 0.29) is 24.5 Å². The summed E-state index contributed by atoms with van der Waals surface area (Å²) in [5.41, 5.74) is 2.86. The fraction of sp³-hybridized carbons (Fsp3) is 0.263. The minimum absolute atomic E-state index is 0.0157. The fourth-order valence-electron chi connectivity index (χ4n) is 3.00. The summed E-state index contributed by atoms with van der Waals surface area (Å²) >= 11 is 0. The standard InChI is InChI=1S/C19H20N2O3/c1-13-11-15-5-3-4-6-18(15)21(13)19(23)12-24-17-9-7-16(8-10-17)20-14(2)22/h3-10,13H,11-12H2,1-2H3,(H,20,22)/t13-/m1/s1. The monoisotopic (exact) mass is 324 g/mol. The van der Waals surface area contributed by atoms with Crippen molar-refractivity contribution in [3.63, 3.8) is 0 Å². The van der Waals surface area contributed by atoms with E-state index in [1.165, 1.54) is 12.5 Å². The molecule has 1 aliphatic heterocycles. The molecule has 1 heterocycles. The smallest absolute Gasteiger partial charge is 0.265 e. The van der Waals surface area contributed by atoms with Crippen LogP contribution < -0.4 is 15.0 Å². The maximum atomic E-state index is 12.5. The van der Waals surface area contributed by atoms with Crippen molar-refractivity contribution in [3.8, 4) is 5.75 Å². The first-order valence-corrected chi connectivity index (χ1v) is 7.95. The number of benzene rings is 2. The molecule has 0 bridgehead atoms. The highest BCUT2D eigenvalue weighted by Crippen LogP contribution is 2.31. The molecule has 0 saturated carbocycles. The number of para-hydroxylation sites is 1. The van der Waals surface area contributed by atoms with E-state index in [0.29, 0.717) is 11.4 Å². The second-order valence-electron chi connectivity index (χ2n) is 5.94. The lowest BCUT2D eigenvalue weighted by molar-refractivity contribution is -0.120. The molecule has 1 aliphatic rings. The van der Waals surface area contributed by atoms with Gasteiger partial charge >= 0.3 is 0 Å². The highest BCUT2D eigenvalue weighted by Gasteiger charge is 2.30. The predicted molar refractivity (Wildman–Crippen MR) is 93.3 cm³/mol. The average molecular weight is 324 g/mol. The minimum Gasteiger partial charge on any atom is -0.484 e. The third-order valence-electron chi connectivity index (χ3n) is 4.01. The van der Waals surface area contributed by atoms with Gasteiger partial charge in [0.1, 0.15) is 5.75 Å². The van der Waals surface area contributed by atoms with Crippen molar-refractivity contribution >= 4 is 23.2 Å². The van der Waals surface area contributed by atoms with Crippen LogP contribution in [0, 0.1) is 0 Å². The van der Waals surface area contributed by atoms with Crippen LogP contribution in [0.2, 0.25) is 0 Å². The summed E-state index contributed by atoms with van der Waals surface area (Å²) in [5.74, 6) is 0.413. The molecule has 0 aliphatic carbocycles. The molecular weight excluding hydrogens is 304 g/mol. The van der Waals surface area contributed by atoms with Gasteiger partial charge in [0.15, 0.2) is 6.61 Å². The van der Waals surface area contributed by atoms with E-state index in [1.807, 2.05) is 25.1 Å². The Hall–Kier alpha value is -2.82. The highest BCUT2D eigenvalue weighted by atomic mass is 16.5. The van der Waals surface area contributed by atoms with Crippen LogP contribution in [0.4, 0.5) is 11.4 Å². The van der Waals surface area contributed by atoms with Crippen molar-refractivity contribution in [1.82, 2.24) is 0 Å². The van der Waals surface area contributed by atoms with Gasteiger partial charge in [0, 0.05) is 24.3 Å². The lowest BCUT2D eigenvalue weighted by Crippen LogP contribution is -2.39. The van der Waals surface area contributed by atoms with Gasteiger partial charge in [-0.1, -0.05) is 18.2 Å². The molecule has 2 aromatic rings. The van der Waals surface area contributed by atoms with E-state index in [4.69, 9.17) is 4.74 Å². The van der Waals surface area contributed by atoms with Gasteiger partial charge in [-0.25, -0.2) is 0 Å². The van der Waals surface area contributed by atoms with E-state index in [2.05, 4.69) is 11.4 Å². The van der Waals surface area contributed by atoms with Crippen molar-refractivity contribution in [3.05, 3.63) is 54.1 Å². The Balaban J connectivity index is 1.62. The lowest BCUT2D eigenvalue weighted by Gasteiger charge is -2.22. The second kappa shape index (κ2) is 6.74. The number of rotatable bonds is 4. The molecule has 2 aromatic carbocycles. The molecular formula is C19H20N2O3. The van der Waals surface area contributed by atoms with Gasteiger partial charge in [-0.15, -0.1) is 0 Å². The SMILES string of the molecule is CC(=O)Nc1ccc(OCC(=O)N2c3ccccc3C[C@H]2C)cc1. The first-order valence-electron chi connectivity index (χ1n) is 7.95. The van der Waals surface area contributed by atoms with Crippen molar-refractivity contribution in [2.24, 2.45) is 0 Å². The molecule has 24 heavy (non-hydrogen) atoms. The average Bonchev–Trinajstić information content (AvgIpc) is 2.89. The third kappa shape index (κ3) is 3.40. The fourth-order valence-corrected chi connectivity index (χ4v) is 3.00. The van der Waals surface area contributed by atoms with Crippen molar-refractivity contribution in [1.29, 1.82) is 0 Å². The topological polar surface area (TPSA) is 58.6 Å². The largest absolute Gasteiger partial charge is 0.484 e. The summed E-state index contributed by atoms with van der Waals surface area (Å²) in [4.78, 5) is 25.4. The van der Waals surface area contributed by atoms with Gasteiger partial charge in [0.2, 0.25) is 5.91 Å². The maximum Gasteiger partial charge on any atom is 0.265 e. The summed E-state index contributed by atoms with van der Waals surface area (Å²) in [6.45, 7) is 3.48. The Morgan fingerprint density at radius 2 is 1.88 bits per heavy atom. The molecule has 0 spiro atoms. The minimum atomic E-state index is -0.125. The Morgan fingerprint density at radius 1 is 1.17 bits per heavy atom. The van der Waals surface area contributed by atoms with Crippen LogP contribution >= 0.6 is 0 Å². The molecule has 5 heteroatoms. The quantitative estimate of drug-likeness (QED) is 0.940.